The summed E-state index contributed by atoms with van der Waals surface area (Å²) in [5, 5.41) is 0.953. The molecule has 1 unspecified atom stereocenters. The molecule has 0 aromatic carbocycles. The molecule has 0 bridgehead atoms. The average Bonchev–Trinajstić information content (AvgIpc) is 2.72. The Morgan fingerprint density at radius 2 is 2.14 bits per heavy atom. The summed E-state index contributed by atoms with van der Waals surface area (Å²) in [4.78, 5) is 20.8. The lowest BCUT2D eigenvalue weighted by Gasteiger charge is -2.24. The van der Waals surface area contributed by atoms with Crippen LogP contribution >= 0.6 is 23.9 Å². The highest BCUT2D eigenvalue weighted by molar-refractivity contribution is 7.09. The van der Waals surface area contributed by atoms with Crippen LogP contribution in [0.15, 0.2) is 0 Å². The number of hydrogen-bond acceptors (Lipinski definition) is 6. The molecular formula is C13H24ClN5OS. The summed E-state index contributed by atoms with van der Waals surface area (Å²) in [5.74, 6) is 0.897. The summed E-state index contributed by atoms with van der Waals surface area (Å²) in [7, 11) is 0. The molecule has 2 heterocycles. The van der Waals surface area contributed by atoms with Crippen LogP contribution < -0.4 is 10.6 Å². The van der Waals surface area contributed by atoms with Crippen molar-refractivity contribution in [1.82, 2.24) is 14.3 Å². The Bertz CT molecular complexity index is 456. The zero-order chi connectivity index (χ0) is 14.5. The zero-order valence-electron chi connectivity index (χ0n) is 12.6. The van der Waals surface area contributed by atoms with Crippen molar-refractivity contribution in [3.63, 3.8) is 0 Å². The molecule has 1 amide bonds. The Balaban J connectivity index is 0.00000220. The van der Waals surface area contributed by atoms with Crippen LogP contribution in [0.5, 0.6) is 0 Å². The first-order chi connectivity index (χ1) is 9.61. The van der Waals surface area contributed by atoms with E-state index >= 15 is 0 Å². The van der Waals surface area contributed by atoms with Gasteiger partial charge in [-0.2, -0.15) is 4.37 Å². The van der Waals surface area contributed by atoms with Crippen molar-refractivity contribution in [2.24, 2.45) is 5.73 Å². The van der Waals surface area contributed by atoms with Gasteiger partial charge < -0.3 is 15.5 Å². The van der Waals surface area contributed by atoms with Crippen molar-refractivity contribution in [1.29, 1.82) is 0 Å². The number of hydrogen-bond donors (Lipinski definition) is 1. The molecule has 120 valence electrons. The SMILES string of the molecule is CCCC(N)C(=O)N1CCCN(c2nc(C)ns2)CC1.Cl. The predicted molar refractivity (Wildman–Crippen MR) is 88.2 cm³/mol. The fourth-order valence-electron chi connectivity index (χ4n) is 2.41. The van der Waals surface area contributed by atoms with Gasteiger partial charge in [-0.3, -0.25) is 4.79 Å². The van der Waals surface area contributed by atoms with E-state index in [4.69, 9.17) is 5.73 Å². The number of carbonyl (C=O) groups is 1. The monoisotopic (exact) mass is 333 g/mol. The lowest BCUT2D eigenvalue weighted by molar-refractivity contribution is -0.132. The minimum atomic E-state index is -0.352. The molecule has 0 spiro atoms. The van der Waals surface area contributed by atoms with Crippen LogP contribution in [0.1, 0.15) is 32.0 Å². The largest absolute Gasteiger partial charge is 0.345 e. The van der Waals surface area contributed by atoms with Crippen LogP contribution in [0.4, 0.5) is 5.13 Å². The molecule has 1 fully saturated rings. The van der Waals surface area contributed by atoms with E-state index in [1.807, 2.05) is 11.8 Å². The second-order valence-electron chi connectivity index (χ2n) is 5.19. The van der Waals surface area contributed by atoms with E-state index in [1.165, 1.54) is 11.5 Å². The first kappa shape index (κ1) is 18.1. The number of nitrogens with two attached hydrogens (primary N) is 1. The van der Waals surface area contributed by atoms with Crippen LogP contribution in [0, 0.1) is 6.92 Å². The summed E-state index contributed by atoms with van der Waals surface area (Å²) >= 11 is 1.43. The van der Waals surface area contributed by atoms with Crippen molar-refractivity contribution in [2.75, 3.05) is 31.1 Å². The number of rotatable bonds is 4. The molecule has 0 radical (unpaired) electrons. The third-order valence-electron chi connectivity index (χ3n) is 3.51. The van der Waals surface area contributed by atoms with Gasteiger partial charge in [-0.25, -0.2) is 4.98 Å². The van der Waals surface area contributed by atoms with Gasteiger partial charge in [0.25, 0.3) is 0 Å². The third kappa shape index (κ3) is 4.79. The van der Waals surface area contributed by atoms with Crippen molar-refractivity contribution < 1.29 is 4.79 Å². The van der Waals surface area contributed by atoms with E-state index in [2.05, 4.69) is 21.2 Å². The third-order valence-corrected chi connectivity index (χ3v) is 4.38. The maximum atomic E-state index is 12.2. The summed E-state index contributed by atoms with van der Waals surface area (Å²) in [6, 6.07) is -0.352. The molecule has 21 heavy (non-hydrogen) atoms. The zero-order valence-corrected chi connectivity index (χ0v) is 14.3. The number of halogens is 1. The van der Waals surface area contributed by atoms with E-state index in [1.54, 1.807) is 0 Å². The number of amides is 1. The van der Waals surface area contributed by atoms with Crippen LogP contribution in [0.2, 0.25) is 0 Å². The standard InChI is InChI=1S/C13H23N5OS.ClH/c1-3-5-11(14)12(19)17-6-4-7-18(9-8-17)13-15-10(2)16-20-13;/h11H,3-9,14H2,1-2H3;1H. The van der Waals surface area contributed by atoms with Crippen molar-refractivity contribution in [3.05, 3.63) is 5.82 Å². The van der Waals surface area contributed by atoms with E-state index in [0.29, 0.717) is 0 Å². The molecule has 8 heteroatoms. The van der Waals surface area contributed by atoms with E-state index in [0.717, 1.165) is 56.4 Å². The molecule has 1 aliphatic heterocycles. The van der Waals surface area contributed by atoms with Gasteiger partial charge in [0.1, 0.15) is 5.82 Å². The van der Waals surface area contributed by atoms with Gasteiger partial charge in [0, 0.05) is 37.7 Å². The van der Waals surface area contributed by atoms with Gasteiger partial charge >= 0.3 is 0 Å². The normalized spacial score (nSPS) is 17.1. The maximum absolute atomic E-state index is 12.2. The second kappa shape index (κ2) is 8.51. The fraction of sp³-hybridized carbons (Fsp3) is 0.769. The van der Waals surface area contributed by atoms with Crippen LogP contribution in [0.3, 0.4) is 0 Å². The van der Waals surface area contributed by atoms with E-state index in [-0.39, 0.29) is 24.4 Å². The molecular weight excluding hydrogens is 310 g/mol. The Morgan fingerprint density at radius 3 is 2.76 bits per heavy atom. The highest BCUT2D eigenvalue weighted by Gasteiger charge is 2.24. The topological polar surface area (TPSA) is 75.4 Å². The lowest BCUT2D eigenvalue weighted by Crippen LogP contribution is -2.45. The number of nitrogens with zero attached hydrogens (tertiary/aromatic N) is 4. The molecule has 1 aromatic rings. The van der Waals surface area contributed by atoms with Crippen LogP contribution in [0.25, 0.3) is 0 Å². The van der Waals surface area contributed by atoms with Crippen molar-refractivity contribution >= 4 is 35.0 Å². The molecule has 2 rings (SSSR count). The fourth-order valence-corrected chi connectivity index (χ4v) is 3.14. The highest BCUT2D eigenvalue weighted by atomic mass is 35.5. The minimum absolute atomic E-state index is 0. The van der Waals surface area contributed by atoms with Crippen LogP contribution in [-0.2, 0) is 4.79 Å². The van der Waals surface area contributed by atoms with Crippen molar-refractivity contribution in [3.8, 4) is 0 Å². The van der Waals surface area contributed by atoms with Gasteiger partial charge in [0.15, 0.2) is 0 Å². The van der Waals surface area contributed by atoms with E-state index in [9.17, 15) is 4.79 Å². The quantitative estimate of drug-likeness (QED) is 0.902. The number of aromatic nitrogens is 2. The highest BCUT2D eigenvalue weighted by Crippen LogP contribution is 2.19. The molecule has 1 aliphatic rings. The Kier molecular flexibility index (Phi) is 7.34. The molecule has 1 atom stereocenters. The molecule has 1 aromatic heterocycles. The lowest BCUT2D eigenvalue weighted by atomic mass is 10.1. The Morgan fingerprint density at radius 1 is 1.38 bits per heavy atom. The summed E-state index contributed by atoms with van der Waals surface area (Å²) < 4.78 is 4.22. The van der Waals surface area contributed by atoms with Gasteiger partial charge in [0.05, 0.1) is 6.04 Å². The molecule has 1 saturated heterocycles. The van der Waals surface area contributed by atoms with Gasteiger partial charge in [-0.1, -0.05) is 13.3 Å². The number of carbonyl (C=O) groups excluding carboxylic acids is 1. The van der Waals surface area contributed by atoms with E-state index < -0.39 is 0 Å². The summed E-state index contributed by atoms with van der Waals surface area (Å²) in [5.41, 5.74) is 5.93. The van der Waals surface area contributed by atoms with Gasteiger partial charge in [0.2, 0.25) is 11.0 Å². The average molecular weight is 334 g/mol. The predicted octanol–water partition coefficient (Wildman–Crippen LogP) is 1.43. The first-order valence-corrected chi connectivity index (χ1v) is 7.98. The number of anilines is 1. The van der Waals surface area contributed by atoms with Gasteiger partial charge in [-0.05, 0) is 19.8 Å². The second-order valence-corrected chi connectivity index (χ2v) is 5.92. The maximum Gasteiger partial charge on any atom is 0.239 e. The minimum Gasteiger partial charge on any atom is -0.345 e. The smallest absolute Gasteiger partial charge is 0.239 e. The van der Waals surface area contributed by atoms with Gasteiger partial charge in [-0.15, -0.1) is 12.4 Å². The molecule has 6 nitrogen and oxygen atoms in total. The molecule has 0 saturated carbocycles. The summed E-state index contributed by atoms with van der Waals surface area (Å²) in [6.07, 6.45) is 2.65. The number of aryl methyl sites for hydroxylation is 1. The first-order valence-electron chi connectivity index (χ1n) is 7.21. The summed E-state index contributed by atoms with van der Waals surface area (Å²) in [6.45, 7) is 7.17. The molecule has 0 aliphatic carbocycles. The van der Waals surface area contributed by atoms with Crippen LogP contribution in [-0.4, -0.2) is 52.4 Å². The van der Waals surface area contributed by atoms with Crippen molar-refractivity contribution in [2.45, 2.75) is 39.2 Å². The molecule has 2 N–H and O–H groups in total. The Hall–Kier alpha value is -0.920. The Labute approximate surface area is 136 Å².